The van der Waals surface area contributed by atoms with Gasteiger partial charge in [-0.25, -0.2) is 0 Å². The molecule has 35 heavy (non-hydrogen) atoms. The van der Waals surface area contributed by atoms with Gasteiger partial charge in [0.05, 0.1) is 5.41 Å². The van der Waals surface area contributed by atoms with Gasteiger partial charge in [-0.1, -0.05) is 80.4 Å². The Labute approximate surface area is 223 Å². The van der Waals surface area contributed by atoms with Crippen molar-refractivity contribution in [3.05, 3.63) is 135 Å². The number of benzene rings is 3. The van der Waals surface area contributed by atoms with E-state index in [1.165, 1.54) is 17.0 Å². The molecule has 3 aromatic carbocycles. The maximum absolute atomic E-state index is 6.34. The first kappa shape index (κ1) is 23.8. The topological polar surface area (TPSA) is 12.2 Å². The highest BCUT2D eigenvalue weighted by atomic mass is 79.9. The second-order valence-corrected chi connectivity index (χ2v) is 11.1. The van der Waals surface area contributed by atoms with Crippen molar-refractivity contribution in [2.24, 2.45) is 0 Å². The molecule has 0 N–H and O–H groups in total. The van der Waals surface area contributed by atoms with Crippen LogP contribution in [0.15, 0.2) is 118 Å². The maximum atomic E-state index is 6.34. The summed E-state index contributed by atoms with van der Waals surface area (Å²) in [6.07, 6.45) is 10.5. The van der Waals surface area contributed by atoms with E-state index in [1.807, 2.05) is 18.2 Å². The molecule has 2 aliphatic rings. The van der Waals surface area contributed by atoms with E-state index in [0.717, 1.165) is 37.2 Å². The average Bonchev–Trinajstić information content (AvgIpc) is 3.05. The standard InChI is InChI=1S/C31H26Br2NO/c1-31(2)27-8-4-5-9-28(27)34(3)30(31)10-6-7-26-19-23(21-11-15-24(32)16-12-21)20-29(35-26)22-13-17-25(33)18-14-22/h4-20H,1-3H3/q+1/b10-6+,26-7+. The zero-order valence-electron chi connectivity index (χ0n) is 19.9. The second-order valence-electron chi connectivity index (χ2n) is 9.24. The molecule has 2 heterocycles. The highest BCUT2D eigenvalue weighted by Gasteiger charge is 2.42. The number of hydrogen-bond donors (Lipinski definition) is 0. The van der Waals surface area contributed by atoms with Gasteiger partial charge in [0.25, 0.3) is 0 Å². The van der Waals surface area contributed by atoms with Crippen LogP contribution in [0, 0.1) is 0 Å². The highest BCUT2D eigenvalue weighted by Crippen LogP contribution is 2.39. The van der Waals surface area contributed by atoms with Gasteiger partial charge in [-0.05, 0) is 67.5 Å². The van der Waals surface area contributed by atoms with Gasteiger partial charge in [-0.2, -0.15) is 4.58 Å². The van der Waals surface area contributed by atoms with Crippen molar-refractivity contribution in [2.75, 3.05) is 7.05 Å². The zero-order chi connectivity index (χ0) is 24.6. The summed E-state index contributed by atoms with van der Waals surface area (Å²) in [7, 11) is 2.14. The summed E-state index contributed by atoms with van der Waals surface area (Å²) in [6.45, 7) is 4.55. The zero-order valence-corrected chi connectivity index (χ0v) is 23.1. The van der Waals surface area contributed by atoms with Gasteiger partial charge in [0.15, 0.2) is 5.71 Å². The minimum Gasteiger partial charge on any atom is -0.457 e. The summed E-state index contributed by atoms with van der Waals surface area (Å²) in [5.74, 6) is 1.63. The highest BCUT2D eigenvalue weighted by molar-refractivity contribution is 9.10. The van der Waals surface area contributed by atoms with Crippen LogP contribution in [0.4, 0.5) is 5.69 Å². The summed E-state index contributed by atoms with van der Waals surface area (Å²) < 4.78 is 10.7. The van der Waals surface area contributed by atoms with Gasteiger partial charge in [0.1, 0.15) is 18.6 Å². The second kappa shape index (κ2) is 9.60. The lowest BCUT2D eigenvalue weighted by molar-refractivity contribution is -0.401. The van der Waals surface area contributed by atoms with Crippen molar-refractivity contribution < 1.29 is 9.31 Å². The lowest BCUT2D eigenvalue weighted by Crippen LogP contribution is -2.26. The van der Waals surface area contributed by atoms with Crippen LogP contribution < -0.4 is 0 Å². The Balaban J connectivity index is 1.50. The number of ether oxygens (including phenoxy) is 1. The van der Waals surface area contributed by atoms with E-state index in [4.69, 9.17) is 4.74 Å². The molecule has 0 saturated heterocycles. The van der Waals surface area contributed by atoms with E-state index < -0.39 is 0 Å². The largest absolute Gasteiger partial charge is 0.457 e. The Hall–Kier alpha value is -2.95. The van der Waals surface area contributed by atoms with Crippen LogP contribution in [-0.2, 0) is 10.2 Å². The number of allylic oxidation sites excluding steroid dienone is 6. The Morgan fingerprint density at radius 2 is 1.43 bits per heavy atom. The molecule has 0 spiro atoms. The van der Waals surface area contributed by atoms with Gasteiger partial charge in [0.2, 0.25) is 5.69 Å². The maximum Gasteiger partial charge on any atom is 0.209 e. The van der Waals surface area contributed by atoms with Crippen LogP contribution in [0.1, 0.15) is 30.5 Å². The van der Waals surface area contributed by atoms with E-state index in [0.29, 0.717) is 0 Å². The number of hydrogen-bond acceptors (Lipinski definition) is 1. The third-order valence-corrected chi connectivity index (χ3v) is 7.63. The number of rotatable bonds is 4. The molecule has 174 valence electrons. The van der Waals surface area contributed by atoms with E-state index >= 15 is 0 Å². The average molecular weight is 588 g/mol. The number of halogens is 2. The number of nitrogens with zero attached hydrogens (tertiary/aromatic N) is 1. The molecule has 5 rings (SSSR count). The first-order valence-corrected chi connectivity index (χ1v) is 13.1. The van der Waals surface area contributed by atoms with Gasteiger partial charge >= 0.3 is 0 Å². The van der Waals surface area contributed by atoms with E-state index in [9.17, 15) is 0 Å². The summed E-state index contributed by atoms with van der Waals surface area (Å²) in [5.41, 5.74) is 7.09. The predicted molar refractivity (Wildman–Crippen MR) is 153 cm³/mol. The van der Waals surface area contributed by atoms with Gasteiger partial charge in [-0.3, -0.25) is 0 Å². The minimum absolute atomic E-state index is 0.0608. The van der Waals surface area contributed by atoms with Crippen molar-refractivity contribution in [2.45, 2.75) is 19.3 Å². The molecule has 2 nitrogen and oxygen atoms in total. The van der Waals surface area contributed by atoms with E-state index in [-0.39, 0.29) is 5.41 Å². The molecule has 0 radical (unpaired) electrons. The molecule has 0 aromatic heterocycles. The molecule has 0 atom stereocenters. The third-order valence-electron chi connectivity index (χ3n) is 6.57. The lowest BCUT2D eigenvalue weighted by Gasteiger charge is -2.18. The van der Waals surface area contributed by atoms with Crippen molar-refractivity contribution in [3.8, 4) is 0 Å². The van der Waals surface area contributed by atoms with Crippen LogP contribution in [-0.4, -0.2) is 17.3 Å². The van der Waals surface area contributed by atoms with Crippen molar-refractivity contribution in [3.63, 3.8) is 0 Å². The molecule has 0 aliphatic carbocycles. The summed E-state index contributed by atoms with van der Waals surface area (Å²) >= 11 is 7.06. The minimum atomic E-state index is -0.0608. The molecule has 2 aliphatic heterocycles. The molecular formula is C31H26Br2NO+. The van der Waals surface area contributed by atoms with Crippen LogP contribution in [0.5, 0.6) is 0 Å². The van der Waals surface area contributed by atoms with Crippen molar-refractivity contribution in [1.82, 2.24) is 0 Å². The molecule has 0 saturated carbocycles. The Morgan fingerprint density at radius 1 is 0.800 bits per heavy atom. The van der Waals surface area contributed by atoms with Crippen LogP contribution in [0.25, 0.3) is 11.3 Å². The summed E-state index contributed by atoms with van der Waals surface area (Å²) in [5, 5.41) is 0. The molecule has 0 unspecified atom stereocenters. The van der Waals surface area contributed by atoms with Gasteiger partial charge in [0, 0.05) is 32.2 Å². The molecule has 0 amide bonds. The van der Waals surface area contributed by atoms with E-state index in [1.54, 1.807) is 0 Å². The monoisotopic (exact) mass is 586 g/mol. The van der Waals surface area contributed by atoms with E-state index in [2.05, 4.69) is 142 Å². The first-order valence-electron chi connectivity index (χ1n) is 11.5. The fourth-order valence-corrected chi connectivity index (χ4v) is 5.23. The van der Waals surface area contributed by atoms with Crippen molar-refractivity contribution in [1.29, 1.82) is 0 Å². The lowest BCUT2D eigenvalue weighted by atomic mass is 9.81. The fraction of sp³-hybridized carbons (Fsp3) is 0.129. The third kappa shape index (κ3) is 4.78. The Morgan fingerprint density at radius 3 is 2.09 bits per heavy atom. The van der Waals surface area contributed by atoms with Crippen LogP contribution in [0.2, 0.25) is 0 Å². The Kier molecular flexibility index (Phi) is 6.52. The smallest absolute Gasteiger partial charge is 0.209 e. The molecule has 4 heteroatoms. The normalized spacial score (nSPS) is 17.9. The van der Waals surface area contributed by atoms with Crippen molar-refractivity contribution >= 4 is 54.6 Å². The molecule has 0 bridgehead atoms. The predicted octanol–water partition coefficient (Wildman–Crippen LogP) is 8.81. The summed E-state index contributed by atoms with van der Waals surface area (Å²) in [6, 6.07) is 25.2. The SMILES string of the molecule is C[N+]1=C(/C=C/C=C2\C=C(c3ccc(Br)cc3)C=C(c3ccc(Br)cc3)O2)C(C)(C)c2ccccc21. The van der Waals surface area contributed by atoms with Gasteiger partial charge in [-0.15, -0.1) is 0 Å². The molecule has 3 aromatic rings. The summed E-state index contributed by atoms with van der Waals surface area (Å²) in [4.78, 5) is 0. The van der Waals surface area contributed by atoms with Crippen LogP contribution in [0.3, 0.4) is 0 Å². The Bertz CT molecular complexity index is 1440. The first-order chi connectivity index (χ1) is 16.8. The number of para-hydroxylation sites is 1. The fourth-order valence-electron chi connectivity index (χ4n) is 4.71. The quantitative estimate of drug-likeness (QED) is 0.278. The molecular weight excluding hydrogens is 562 g/mol. The molecule has 0 fully saturated rings. The van der Waals surface area contributed by atoms with Gasteiger partial charge < -0.3 is 4.74 Å². The van der Waals surface area contributed by atoms with Crippen LogP contribution >= 0.6 is 31.9 Å². The number of fused-ring (bicyclic) bond motifs is 1.